The van der Waals surface area contributed by atoms with E-state index in [2.05, 4.69) is 11.9 Å². The fraction of sp³-hybridized carbons (Fsp3) is 0.250. The van der Waals surface area contributed by atoms with E-state index in [1.807, 2.05) is 0 Å². The molecule has 0 bridgehead atoms. The number of ether oxygens (including phenoxy) is 2. The number of carbonyl (C=O) groups is 2. The number of anilines is 1. The predicted molar refractivity (Wildman–Crippen MR) is 133 cm³/mol. The molecule has 1 saturated heterocycles. The fourth-order valence-electron chi connectivity index (χ4n) is 4.08. The van der Waals surface area contributed by atoms with Crippen molar-refractivity contribution >= 4 is 23.1 Å². The minimum absolute atomic E-state index is 0.0202. The van der Waals surface area contributed by atoms with Gasteiger partial charge in [0.25, 0.3) is 11.7 Å². The Morgan fingerprint density at radius 1 is 1.00 bits per heavy atom. The van der Waals surface area contributed by atoms with Crippen LogP contribution in [0.25, 0.3) is 5.76 Å². The molecular formula is C28H28N2O5. The van der Waals surface area contributed by atoms with Crippen molar-refractivity contribution in [2.45, 2.75) is 32.2 Å². The number of pyridine rings is 1. The number of aliphatic hydroxyl groups excluding tert-OH is 1. The lowest BCUT2D eigenvalue weighted by molar-refractivity contribution is -0.132. The van der Waals surface area contributed by atoms with E-state index in [-0.39, 0.29) is 11.3 Å². The number of benzene rings is 2. The molecule has 2 aromatic carbocycles. The van der Waals surface area contributed by atoms with E-state index >= 15 is 0 Å². The van der Waals surface area contributed by atoms with Gasteiger partial charge in [-0.2, -0.15) is 0 Å². The number of amides is 1. The highest BCUT2D eigenvalue weighted by Crippen LogP contribution is 2.42. The standard InChI is InChI=1S/C28H28N2O5/c1-3-4-7-17-35-21-14-12-19(13-15-21)26(31)24-25(23-11-5-6-16-29-23)30(28(33)27(24)32)20-9-8-10-22(18-20)34-2/h5-6,8-16,18,25,31H,3-4,7,17H2,1-2H3/b26-24+. The first kappa shape index (κ1) is 24.0. The number of unbranched alkanes of at least 4 members (excludes halogenated alkanes) is 2. The second kappa shape index (κ2) is 10.9. The van der Waals surface area contributed by atoms with Gasteiger partial charge in [-0.15, -0.1) is 0 Å². The topological polar surface area (TPSA) is 89.0 Å². The zero-order valence-electron chi connectivity index (χ0n) is 19.8. The molecule has 1 N–H and O–H groups in total. The molecule has 1 aliphatic heterocycles. The largest absolute Gasteiger partial charge is 0.507 e. The number of hydrogen-bond acceptors (Lipinski definition) is 6. The number of rotatable bonds is 9. The quantitative estimate of drug-likeness (QED) is 0.197. The van der Waals surface area contributed by atoms with Gasteiger partial charge in [0.2, 0.25) is 0 Å². The predicted octanol–water partition coefficient (Wildman–Crippen LogP) is 5.29. The van der Waals surface area contributed by atoms with Crippen LogP contribution in [-0.4, -0.2) is 35.5 Å². The van der Waals surface area contributed by atoms with E-state index in [0.717, 1.165) is 19.3 Å². The summed E-state index contributed by atoms with van der Waals surface area (Å²) in [6.45, 7) is 2.75. The summed E-state index contributed by atoms with van der Waals surface area (Å²) >= 11 is 0. The first-order valence-electron chi connectivity index (χ1n) is 11.6. The van der Waals surface area contributed by atoms with E-state index in [4.69, 9.17) is 9.47 Å². The number of hydrogen-bond donors (Lipinski definition) is 1. The number of ketones is 1. The van der Waals surface area contributed by atoms with Crippen LogP contribution in [0.5, 0.6) is 11.5 Å². The van der Waals surface area contributed by atoms with Gasteiger partial charge in [0, 0.05) is 23.5 Å². The minimum atomic E-state index is -0.895. The Kier molecular flexibility index (Phi) is 7.45. The lowest BCUT2D eigenvalue weighted by atomic mass is 9.98. The third kappa shape index (κ3) is 5.04. The lowest BCUT2D eigenvalue weighted by Crippen LogP contribution is -2.29. The first-order chi connectivity index (χ1) is 17.0. The molecule has 1 aromatic heterocycles. The van der Waals surface area contributed by atoms with E-state index in [0.29, 0.717) is 35.1 Å². The van der Waals surface area contributed by atoms with Crippen LogP contribution in [0.3, 0.4) is 0 Å². The van der Waals surface area contributed by atoms with Crippen molar-refractivity contribution < 1.29 is 24.2 Å². The van der Waals surface area contributed by atoms with Crippen molar-refractivity contribution in [2.24, 2.45) is 0 Å². The number of aromatic nitrogens is 1. The number of nitrogens with zero attached hydrogens (tertiary/aromatic N) is 2. The van der Waals surface area contributed by atoms with Gasteiger partial charge >= 0.3 is 0 Å². The number of aliphatic hydroxyl groups is 1. The van der Waals surface area contributed by atoms with Gasteiger partial charge in [0.15, 0.2) is 0 Å². The summed E-state index contributed by atoms with van der Waals surface area (Å²) in [7, 11) is 1.53. The van der Waals surface area contributed by atoms with Crippen LogP contribution < -0.4 is 14.4 Å². The Hall–Kier alpha value is -4.13. The molecule has 7 nitrogen and oxygen atoms in total. The van der Waals surface area contributed by atoms with Crippen LogP contribution in [0.4, 0.5) is 5.69 Å². The maximum absolute atomic E-state index is 13.2. The molecule has 1 aliphatic rings. The lowest BCUT2D eigenvalue weighted by Gasteiger charge is -2.24. The van der Waals surface area contributed by atoms with Gasteiger partial charge in [0.1, 0.15) is 23.3 Å². The maximum Gasteiger partial charge on any atom is 0.300 e. The number of carbonyl (C=O) groups excluding carboxylic acids is 2. The monoisotopic (exact) mass is 472 g/mol. The molecule has 0 saturated carbocycles. The summed E-state index contributed by atoms with van der Waals surface area (Å²) < 4.78 is 11.0. The molecule has 180 valence electrons. The van der Waals surface area contributed by atoms with Crippen LogP contribution >= 0.6 is 0 Å². The van der Waals surface area contributed by atoms with Crippen LogP contribution in [-0.2, 0) is 9.59 Å². The van der Waals surface area contributed by atoms with Gasteiger partial charge in [-0.25, -0.2) is 0 Å². The Bertz CT molecular complexity index is 1220. The van der Waals surface area contributed by atoms with Gasteiger partial charge in [-0.3, -0.25) is 19.5 Å². The summed E-state index contributed by atoms with van der Waals surface area (Å²) in [5.41, 5.74) is 1.33. The molecule has 0 spiro atoms. The van der Waals surface area contributed by atoms with Crippen molar-refractivity contribution in [3.05, 3.63) is 89.8 Å². The zero-order chi connectivity index (χ0) is 24.8. The van der Waals surface area contributed by atoms with Crippen molar-refractivity contribution in [1.29, 1.82) is 0 Å². The zero-order valence-corrected chi connectivity index (χ0v) is 19.8. The van der Waals surface area contributed by atoms with Crippen molar-refractivity contribution in [3.63, 3.8) is 0 Å². The second-order valence-electron chi connectivity index (χ2n) is 8.21. The van der Waals surface area contributed by atoms with E-state index < -0.39 is 17.7 Å². The van der Waals surface area contributed by atoms with Crippen molar-refractivity contribution in [3.8, 4) is 11.5 Å². The molecule has 35 heavy (non-hydrogen) atoms. The second-order valence-corrected chi connectivity index (χ2v) is 8.21. The first-order valence-corrected chi connectivity index (χ1v) is 11.6. The van der Waals surface area contributed by atoms with Gasteiger partial charge in [-0.1, -0.05) is 31.9 Å². The summed E-state index contributed by atoms with van der Waals surface area (Å²) in [6.07, 6.45) is 4.77. The van der Waals surface area contributed by atoms with Gasteiger partial charge in [-0.05, 0) is 55.0 Å². The maximum atomic E-state index is 13.2. The minimum Gasteiger partial charge on any atom is -0.507 e. The fourth-order valence-corrected chi connectivity index (χ4v) is 4.08. The van der Waals surface area contributed by atoms with Gasteiger partial charge < -0.3 is 14.6 Å². The molecule has 7 heteroatoms. The highest BCUT2D eigenvalue weighted by Gasteiger charge is 2.47. The Labute approximate surface area is 204 Å². The van der Waals surface area contributed by atoms with Gasteiger partial charge in [0.05, 0.1) is 25.0 Å². The molecule has 3 aromatic rings. The number of methoxy groups -OCH3 is 1. The normalized spacial score (nSPS) is 17.0. The van der Waals surface area contributed by atoms with E-state index in [9.17, 15) is 14.7 Å². The summed E-state index contributed by atoms with van der Waals surface area (Å²) in [6, 6.07) is 18.1. The molecule has 0 aliphatic carbocycles. The van der Waals surface area contributed by atoms with Crippen LogP contribution in [0.2, 0.25) is 0 Å². The average Bonchev–Trinajstić information content (AvgIpc) is 3.17. The van der Waals surface area contributed by atoms with Crippen LogP contribution in [0.1, 0.15) is 43.5 Å². The molecule has 1 amide bonds. The molecule has 4 rings (SSSR count). The summed E-state index contributed by atoms with van der Waals surface area (Å²) in [5.74, 6) is -0.566. The van der Waals surface area contributed by atoms with Crippen molar-refractivity contribution in [2.75, 3.05) is 18.6 Å². The van der Waals surface area contributed by atoms with E-state index in [1.165, 1.54) is 12.0 Å². The smallest absolute Gasteiger partial charge is 0.300 e. The third-order valence-corrected chi connectivity index (χ3v) is 5.89. The Morgan fingerprint density at radius 2 is 1.80 bits per heavy atom. The summed E-state index contributed by atoms with van der Waals surface area (Å²) in [4.78, 5) is 32.2. The highest BCUT2D eigenvalue weighted by atomic mass is 16.5. The molecule has 1 unspecified atom stereocenters. The highest BCUT2D eigenvalue weighted by molar-refractivity contribution is 6.51. The number of Topliss-reactive ketones (excluding diaryl/α,β-unsaturated/α-hetero) is 1. The molecular weight excluding hydrogens is 444 g/mol. The van der Waals surface area contributed by atoms with Crippen LogP contribution in [0, 0.1) is 0 Å². The van der Waals surface area contributed by atoms with E-state index in [1.54, 1.807) is 72.9 Å². The Morgan fingerprint density at radius 3 is 2.49 bits per heavy atom. The molecule has 1 atom stereocenters. The SMILES string of the molecule is CCCCCOc1ccc(/C(O)=C2\C(=O)C(=O)N(c3cccc(OC)c3)C2c2ccccn2)cc1. The third-order valence-electron chi connectivity index (χ3n) is 5.89. The molecule has 0 radical (unpaired) electrons. The van der Waals surface area contributed by atoms with Crippen molar-refractivity contribution in [1.82, 2.24) is 4.98 Å². The summed E-state index contributed by atoms with van der Waals surface area (Å²) in [5, 5.41) is 11.2. The van der Waals surface area contributed by atoms with Crippen LogP contribution in [0.15, 0.2) is 78.5 Å². The molecule has 1 fully saturated rings. The molecule has 2 heterocycles. The Balaban J connectivity index is 1.74. The average molecular weight is 473 g/mol.